The molecule has 1 amide bonds. The molecule has 0 spiro atoms. The van der Waals surface area contributed by atoms with Crippen LogP contribution < -0.4 is 5.73 Å². The molecule has 2 rings (SSSR count). The van der Waals surface area contributed by atoms with Gasteiger partial charge >= 0.3 is 0 Å². The minimum Gasteiger partial charge on any atom is -0.379 e. The number of hydrogen-bond acceptors (Lipinski definition) is 4. The van der Waals surface area contributed by atoms with Gasteiger partial charge in [-0.3, -0.25) is 9.69 Å². The molecule has 0 aromatic carbocycles. The molecule has 1 atom stereocenters. The van der Waals surface area contributed by atoms with Crippen molar-refractivity contribution in [1.29, 1.82) is 0 Å². The lowest BCUT2D eigenvalue weighted by Gasteiger charge is -2.32. The van der Waals surface area contributed by atoms with Crippen molar-refractivity contribution in [1.82, 2.24) is 9.80 Å². The van der Waals surface area contributed by atoms with Crippen LogP contribution in [0.1, 0.15) is 12.8 Å². The molecule has 1 unspecified atom stereocenters. The molecule has 0 aromatic rings. The molecular weight excluding hydrogens is 206 g/mol. The quantitative estimate of drug-likeness (QED) is 0.690. The van der Waals surface area contributed by atoms with Gasteiger partial charge in [-0.15, -0.1) is 0 Å². The molecule has 0 radical (unpaired) electrons. The van der Waals surface area contributed by atoms with E-state index in [9.17, 15) is 4.79 Å². The number of hydrogen-bond donors (Lipinski definition) is 1. The van der Waals surface area contributed by atoms with Crippen molar-refractivity contribution in [3.05, 3.63) is 0 Å². The maximum absolute atomic E-state index is 11.7. The summed E-state index contributed by atoms with van der Waals surface area (Å²) in [6.07, 6.45) is 1.58. The fourth-order valence-corrected chi connectivity index (χ4v) is 2.49. The summed E-state index contributed by atoms with van der Waals surface area (Å²) in [4.78, 5) is 16.1. The Hall–Kier alpha value is -0.650. The maximum atomic E-state index is 11.7. The Bertz CT molecular complexity index is 241. The van der Waals surface area contributed by atoms with Gasteiger partial charge in [-0.2, -0.15) is 0 Å². The first-order valence-electron chi connectivity index (χ1n) is 6.11. The number of rotatable bonds is 3. The van der Waals surface area contributed by atoms with Crippen LogP contribution in [-0.2, 0) is 9.53 Å². The predicted molar refractivity (Wildman–Crippen MR) is 61.0 cm³/mol. The standard InChI is InChI=1S/C11H21N3O2/c12-3-1-11(15)14-4-2-10(9-14)13-5-7-16-8-6-13/h10H,1-9,12H2. The first-order valence-corrected chi connectivity index (χ1v) is 6.11. The molecule has 0 bridgehead atoms. The molecule has 2 aliphatic rings. The lowest BCUT2D eigenvalue weighted by atomic mass is 10.2. The average molecular weight is 227 g/mol. The second kappa shape index (κ2) is 5.61. The molecular formula is C11H21N3O2. The predicted octanol–water partition coefficient (Wildman–Crippen LogP) is -0.732. The highest BCUT2D eigenvalue weighted by molar-refractivity contribution is 5.76. The first-order chi connectivity index (χ1) is 7.81. The van der Waals surface area contributed by atoms with Gasteiger partial charge in [-0.1, -0.05) is 0 Å². The van der Waals surface area contributed by atoms with Crippen LogP contribution in [0.15, 0.2) is 0 Å². The number of morpholine rings is 1. The van der Waals surface area contributed by atoms with Crippen molar-refractivity contribution >= 4 is 5.91 Å². The van der Waals surface area contributed by atoms with E-state index >= 15 is 0 Å². The highest BCUT2D eigenvalue weighted by Gasteiger charge is 2.30. The third-order valence-corrected chi connectivity index (χ3v) is 3.44. The SMILES string of the molecule is NCCC(=O)N1CCC(N2CCOCC2)C1. The van der Waals surface area contributed by atoms with Gasteiger partial charge in [0.05, 0.1) is 13.2 Å². The first kappa shape index (κ1) is 11.8. The average Bonchev–Trinajstić information content (AvgIpc) is 2.80. The van der Waals surface area contributed by atoms with E-state index in [1.165, 1.54) is 0 Å². The highest BCUT2D eigenvalue weighted by Crippen LogP contribution is 2.17. The smallest absolute Gasteiger partial charge is 0.223 e. The summed E-state index contributed by atoms with van der Waals surface area (Å²) < 4.78 is 5.33. The number of carbonyl (C=O) groups excluding carboxylic acids is 1. The molecule has 5 heteroatoms. The van der Waals surface area contributed by atoms with Gasteiger partial charge in [0, 0.05) is 45.2 Å². The summed E-state index contributed by atoms with van der Waals surface area (Å²) in [6.45, 7) is 5.88. The van der Waals surface area contributed by atoms with Gasteiger partial charge in [-0.05, 0) is 6.42 Å². The summed E-state index contributed by atoms with van der Waals surface area (Å²) in [6, 6.07) is 0.533. The zero-order chi connectivity index (χ0) is 11.4. The van der Waals surface area contributed by atoms with E-state index < -0.39 is 0 Å². The second-order valence-corrected chi connectivity index (χ2v) is 4.47. The van der Waals surface area contributed by atoms with E-state index in [2.05, 4.69) is 4.90 Å². The van der Waals surface area contributed by atoms with Crippen molar-refractivity contribution in [2.24, 2.45) is 5.73 Å². The molecule has 92 valence electrons. The summed E-state index contributed by atoms with van der Waals surface area (Å²) in [5, 5.41) is 0. The van der Waals surface area contributed by atoms with Crippen LogP contribution in [0, 0.1) is 0 Å². The van der Waals surface area contributed by atoms with Gasteiger partial charge in [0.2, 0.25) is 5.91 Å². The number of amides is 1. The fraction of sp³-hybridized carbons (Fsp3) is 0.909. The number of nitrogens with zero attached hydrogens (tertiary/aromatic N) is 2. The van der Waals surface area contributed by atoms with Crippen LogP contribution in [0.5, 0.6) is 0 Å². The Morgan fingerprint density at radius 1 is 1.31 bits per heavy atom. The Morgan fingerprint density at radius 2 is 2.06 bits per heavy atom. The van der Waals surface area contributed by atoms with Crippen LogP contribution in [0.4, 0.5) is 0 Å². The molecule has 0 saturated carbocycles. The molecule has 2 N–H and O–H groups in total. The van der Waals surface area contributed by atoms with Crippen LogP contribution in [0.25, 0.3) is 0 Å². The molecule has 5 nitrogen and oxygen atoms in total. The largest absolute Gasteiger partial charge is 0.379 e. The molecule has 2 fully saturated rings. The van der Waals surface area contributed by atoms with Gasteiger partial charge < -0.3 is 15.4 Å². The van der Waals surface area contributed by atoms with E-state index in [0.29, 0.717) is 19.0 Å². The Balaban J connectivity index is 1.80. The zero-order valence-corrected chi connectivity index (χ0v) is 9.73. The highest BCUT2D eigenvalue weighted by atomic mass is 16.5. The van der Waals surface area contributed by atoms with E-state index in [-0.39, 0.29) is 5.91 Å². The van der Waals surface area contributed by atoms with E-state index in [1.807, 2.05) is 4.90 Å². The third kappa shape index (κ3) is 2.72. The number of carbonyl (C=O) groups is 1. The summed E-state index contributed by atoms with van der Waals surface area (Å²) >= 11 is 0. The molecule has 0 aromatic heterocycles. The van der Waals surface area contributed by atoms with E-state index in [0.717, 1.165) is 45.8 Å². The lowest BCUT2D eigenvalue weighted by molar-refractivity contribution is -0.130. The van der Waals surface area contributed by atoms with Crippen LogP contribution in [0.2, 0.25) is 0 Å². The Morgan fingerprint density at radius 3 is 2.75 bits per heavy atom. The minimum absolute atomic E-state index is 0.207. The van der Waals surface area contributed by atoms with Gasteiger partial charge in [0.1, 0.15) is 0 Å². The van der Waals surface area contributed by atoms with Crippen LogP contribution in [0.3, 0.4) is 0 Å². The van der Waals surface area contributed by atoms with E-state index in [1.54, 1.807) is 0 Å². The van der Waals surface area contributed by atoms with Crippen molar-refractivity contribution in [3.8, 4) is 0 Å². The summed E-state index contributed by atoms with van der Waals surface area (Å²) in [5.74, 6) is 0.207. The van der Waals surface area contributed by atoms with Gasteiger partial charge in [0.25, 0.3) is 0 Å². The molecule has 16 heavy (non-hydrogen) atoms. The fourth-order valence-electron chi connectivity index (χ4n) is 2.49. The number of ether oxygens (including phenoxy) is 1. The Labute approximate surface area is 96.5 Å². The van der Waals surface area contributed by atoms with Crippen LogP contribution in [-0.4, -0.2) is 67.7 Å². The van der Waals surface area contributed by atoms with Gasteiger partial charge in [-0.25, -0.2) is 0 Å². The van der Waals surface area contributed by atoms with Crippen molar-refractivity contribution in [2.75, 3.05) is 45.9 Å². The molecule has 2 heterocycles. The number of likely N-dealkylation sites (tertiary alicyclic amines) is 1. The van der Waals surface area contributed by atoms with Gasteiger partial charge in [0.15, 0.2) is 0 Å². The normalized spacial score (nSPS) is 27.3. The van der Waals surface area contributed by atoms with E-state index in [4.69, 9.17) is 10.5 Å². The van der Waals surface area contributed by atoms with Crippen molar-refractivity contribution in [3.63, 3.8) is 0 Å². The number of nitrogens with two attached hydrogens (primary N) is 1. The Kier molecular flexibility index (Phi) is 4.15. The molecule has 2 saturated heterocycles. The maximum Gasteiger partial charge on any atom is 0.223 e. The molecule has 2 aliphatic heterocycles. The minimum atomic E-state index is 0.207. The van der Waals surface area contributed by atoms with Crippen LogP contribution >= 0.6 is 0 Å². The third-order valence-electron chi connectivity index (χ3n) is 3.44. The monoisotopic (exact) mass is 227 g/mol. The van der Waals surface area contributed by atoms with Crippen molar-refractivity contribution < 1.29 is 9.53 Å². The summed E-state index contributed by atoms with van der Waals surface area (Å²) in [5.41, 5.74) is 5.40. The topological polar surface area (TPSA) is 58.8 Å². The summed E-state index contributed by atoms with van der Waals surface area (Å²) in [7, 11) is 0. The zero-order valence-electron chi connectivity index (χ0n) is 9.73. The lowest BCUT2D eigenvalue weighted by Crippen LogP contribution is -2.45. The molecule has 0 aliphatic carbocycles. The second-order valence-electron chi connectivity index (χ2n) is 4.47. The van der Waals surface area contributed by atoms with Crippen molar-refractivity contribution in [2.45, 2.75) is 18.9 Å².